The van der Waals surface area contributed by atoms with Crippen LogP contribution in [0.2, 0.25) is 0 Å². The summed E-state index contributed by atoms with van der Waals surface area (Å²) >= 11 is 0. The maximum absolute atomic E-state index is 13.7. The van der Waals surface area contributed by atoms with Crippen LogP contribution in [0.5, 0.6) is 0 Å². The highest BCUT2D eigenvalue weighted by molar-refractivity contribution is 5.94. The molecule has 3 aromatic carbocycles. The Morgan fingerprint density at radius 1 is 1.12 bits per heavy atom. The average Bonchev–Trinajstić information content (AvgIpc) is 2.82. The van der Waals surface area contributed by atoms with Crippen LogP contribution in [0.4, 0.5) is 10.1 Å². The summed E-state index contributed by atoms with van der Waals surface area (Å²) in [5.41, 5.74) is 10.0. The van der Waals surface area contributed by atoms with E-state index in [1.54, 1.807) is 12.1 Å². The lowest BCUT2D eigenvalue weighted by atomic mass is 9.94. The van der Waals surface area contributed by atoms with Crippen LogP contribution in [0.1, 0.15) is 30.0 Å². The number of benzene rings is 3. The quantitative estimate of drug-likeness (QED) is 0.602. The summed E-state index contributed by atoms with van der Waals surface area (Å²) in [5.74, 6) is -0.494. The summed E-state index contributed by atoms with van der Waals surface area (Å²) in [6, 6.07) is 17.8. The van der Waals surface area contributed by atoms with Gasteiger partial charge in [-0.3, -0.25) is 9.69 Å². The van der Waals surface area contributed by atoms with Gasteiger partial charge in [0.1, 0.15) is 5.82 Å². The highest BCUT2D eigenvalue weighted by atomic mass is 19.1. The van der Waals surface area contributed by atoms with E-state index in [1.165, 1.54) is 16.8 Å². The van der Waals surface area contributed by atoms with Gasteiger partial charge >= 0.3 is 0 Å². The summed E-state index contributed by atoms with van der Waals surface area (Å²) in [6.07, 6.45) is 2.33. The van der Waals surface area contributed by atoms with E-state index in [9.17, 15) is 9.18 Å². The Kier molecular flexibility index (Phi) is 6.53. The molecule has 0 aromatic heterocycles. The number of rotatable bonds is 6. The summed E-state index contributed by atoms with van der Waals surface area (Å²) in [7, 11) is 0. The molecule has 0 saturated carbocycles. The molecule has 1 amide bonds. The lowest BCUT2D eigenvalue weighted by Gasteiger charge is -2.42. The molecule has 6 heteroatoms. The van der Waals surface area contributed by atoms with Gasteiger partial charge in [0.05, 0.1) is 19.1 Å². The fourth-order valence-electron chi connectivity index (χ4n) is 5.39. The van der Waals surface area contributed by atoms with Crippen LogP contribution in [0, 0.1) is 5.82 Å². The number of carbonyl (C=O) groups is 1. The number of nitrogens with two attached hydrogens (primary N) is 1. The fraction of sp³-hybridized carbons (Fsp3) is 0.393. The first-order chi connectivity index (χ1) is 16.5. The Morgan fingerprint density at radius 2 is 2.00 bits per heavy atom. The molecule has 0 radical (unpaired) electrons. The van der Waals surface area contributed by atoms with Gasteiger partial charge in [0.2, 0.25) is 5.91 Å². The van der Waals surface area contributed by atoms with Crippen LogP contribution in [-0.2, 0) is 29.0 Å². The lowest BCUT2D eigenvalue weighted by Crippen LogP contribution is -2.52. The maximum atomic E-state index is 13.7. The first-order valence-corrected chi connectivity index (χ1v) is 12.1. The van der Waals surface area contributed by atoms with E-state index in [2.05, 4.69) is 34.9 Å². The summed E-state index contributed by atoms with van der Waals surface area (Å²) in [6.45, 7) is 6.79. The molecule has 1 unspecified atom stereocenters. The second-order valence-corrected chi connectivity index (χ2v) is 9.65. The molecule has 2 heterocycles. The van der Waals surface area contributed by atoms with Crippen molar-refractivity contribution in [3.63, 3.8) is 0 Å². The number of hydrogen-bond acceptors (Lipinski definition) is 4. The van der Waals surface area contributed by atoms with Gasteiger partial charge in [0.15, 0.2) is 0 Å². The molecule has 178 valence electrons. The number of nitrogens with zero attached hydrogens (tertiary/aromatic N) is 2. The van der Waals surface area contributed by atoms with Gasteiger partial charge in [-0.05, 0) is 66.1 Å². The highest BCUT2D eigenvalue weighted by Crippen LogP contribution is 2.30. The van der Waals surface area contributed by atoms with Gasteiger partial charge in [0, 0.05) is 43.3 Å². The van der Waals surface area contributed by atoms with Crippen molar-refractivity contribution in [3.05, 3.63) is 77.1 Å². The Morgan fingerprint density at radius 3 is 2.82 bits per heavy atom. The van der Waals surface area contributed by atoms with Gasteiger partial charge < -0.3 is 15.4 Å². The molecule has 2 atom stereocenters. The third kappa shape index (κ3) is 4.93. The third-order valence-corrected chi connectivity index (χ3v) is 7.23. The molecule has 5 rings (SSSR count). The largest absolute Gasteiger partial charge is 0.373 e. The first kappa shape index (κ1) is 22.8. The number of hydrogen-bond donors (Lipinski definition) is 1. The maximum Gasteiger partial charge on any atom is 0.221 e. The van der Waals surface area contributed by atoms with E-state index >= 15 is 0 Å². The predicted molar refractivity (Wildman–Crippen MR) is 133 cm³/mol. The molecule has 3 aromatic rings. The Hall–Kier alpha value is -2.96. The van der Waals surface area contributed by atoms with Crippen LogP contribution in [0.3, 0.4) is 0 Å². The number of anilines is 1. The van der Waals surface area contributed by atoms with Crippen LogP contribution in [0.25, 0.3) is 10.8 Å². The Balaban J connectivity index is 1.18. The molecule has 0 aliphatic carbocycles. The molecular formula is C28H32FN3O2. The third-order valence-electron chi connectivity index (χ3n) is 7.23. The molecule has 1 saturated heterocycles. The Labute approximate surface area is 200 Å². The SMILES string of the molecule is C[C@@H]1CN(c2cccc3cc(F)ccc23)CCN1CCC1Cc2cc(CC(N)=O)ccc2CO1. The normalized spacial score (nSPS) is 20.9. The second-order valence-electron chi connectivity index (χ2n) is 9.65. The zero-order valence-electron chi connectivity index (χ0n) is 19.7. The van der Waals surface area contributed by atoms with Crippen molar-refractivity contribution in [2.75, 3.05) is 31.1 Å². The van der Waals surface area contributed by atoms with Gasteiger partial charge in [-0.2, -0.15) is 0 Å². The van der Waals surface area contributed by atoms with Crippen molar-refractivity contribution in [1.82, 2.24) is 4.90 Å². The number of primary amides is 1. The molecule has 0 spiro atoms. The predicted octanol–water partition coefficient (Wildman–Crippen LogP) is 4.05. The van der Waals surface area contributed by atoms with Gasteiger partial charge in [0.25, 0.3) is 0 Å². The molecular weight excluding hydrogens is 429 g/mol. The van der Waals surface area contributed by atoms with Crippen molar-refractivity contribution >= 4 is 22.4 Å². The zero-order chi connectivity index (χ0) is 23.7. The number of carbonyl (C=O) groups excluding carboxylic acids is 1. The standard InChI is InChI=1S/C28H32FN3O2/c1-19-17-32(27-4-2-3-21-15-24(29)7-8-26(21)27)12-11-31(19)10-9-25-16-23-13-20(14-28(30)33)5-6-22(23)18-34-25/h2-8,13,15,19,25H,9-12,14,16-18H2,1H3,(H2,30,33)/t19-,25?/m1/s1. The first-order valence-electron chi connectivity index (χ1n) is 12.1. The minimum absolute atomic E-state index is 0.189. The van der Waals surface area contributed by atoms with Crippen molar-refractivity contribution in [2.24, 2.45) is 5.73 Å². The summed E-state index contributed by atoms with van der Waals surface area (Å²) < 4.78 is 19.8. The molecule has 34 heavy (non-hydrogen) atoms. The van der Waals surface area contributed by atoms with Crippen LogP contribution < -0.4 is 10.6 Å². The monoisotopic (exact) mass is 461 g/mol. The van der Waals surface area contributed by atoms with Crippen molar-refractivity contribution in [1.29, 1.82) is 0 Å². The number of ether oxygens (including phenoxy) is 1. The average molecular weight is 462 g/mol. The minimum atomic E-state index is -0.299. The van der Waals surface area contributed by atoms with E-state index < -0.39 is 0 Å². The zero-order valence-corrected chi connectivity index (χ0v) is 19.7. The van der Waals surface area contributed by atoms with Gasteiger partial charge in [-0.1, -0.05) is 30.3 Å². The van der Waals surface area contributed by atoms with Gasteiger partial charge in [-0.15, -0.1) is 0 Å². The van der Waals surface area contributed by atoms with Crippen molar-refractivity contribution in [3.8, 4) is 0 Å². The minimum Gasteiger partial charge on any atom is -0.373 e. The van der Waals surface area contributed by atoms with E-state index in [-0.39, 0.29) is 24.2 Å². The number of amides is 1. The number of piperazine rings is 1. The molecule has 2 N–H and O–H groups in total. The molecule has 2 aliphatic heterocycles. The smallest absolute Gasteiger partial charge is 0.221 e. The van der Waals surface area contributed by atoms with Crippen LogP contribution in [-0.4, -0.2) is 49.1 Å². The van der Waals surface area contributed by atoms with E-state index in [0.29, 0.717) is 12.6 Å². The van der Waals surface area contributed by atoms with E-state index in [1.807, 2.05) is 24.3 Å². The highest BCUT2D eigenvalue weighted by Gasteiger charge is 2.26. The summed E-state index contributed by atoms with van der Waals surface area (Å²) in [5, 5.41) is 2.05. The summed E-state index contributed by atoms with van der Waals surface area (Å²) in [4.78, 5) is 16.2. The van der Waals surface area contributed by atoms with Gasteiger partial charge in [-0.25, -0.2) is 4.39 Å². The molecule has 2 aliphatic rings. The number of halogens is 1. The fourth-order valence-corrected chi connectivity index (χ4v) is 5.39. The topological polar surface area (TPSA) is 58.8 Å². The molecule has 1 fully saturated rings. The van der Waals surface area contributed by atoms with Crippen molar-refractivity contribution in [2.45, 2.75) is 44.9 Å². The molecule has 0 bridgehead atoms. The van der Waals surface area contributed by atoms with E-state index in [4.69, 9.17) is 10.5 Å². The number of fused-ring (bicyclic) bond motifs is 2. The van der Waals surface area contributed by atoms with Crippen molar-refractivity contribution < 1.29 is 13.9 Å². The second kappa shape index (κ2) is 9.72. The van der Waals surface area contributed by atoms with Crippen LogP contribution in [0.15, 0.2) is 54.6 Å². The lowest BCUT2D eigenvalue weighted by molar-refractivity contribution is -0.117. The molecule has 5 nitrogen and oxygen atoms in total. The Bertz CT molecular complexity index is 1200. The van der Waals surface area contributed by atoms with E-state index in [0.717, 1.165) is 55.4 Å². The van der Waals surface area contributed by atoms with Crippen LogP contribution >= 0.6 is 0 Å².